The molecule has 0 bridgehead atoms. The zero-order valence-electron chi connectivity index (χ0n) is 10.4. The number of thioether (sulfide) groups is 1. The van der Waals surface area contributed by atoms with Crippen LogP contribution in [0.15, 0.2) is 38.9 Å². The fourth-order valence-corrected chi connectivity index (χ4v) is 2.22. The van der Waals surface area contributed by atoms with Gasteiger partial charge in [-0.2, -0.15) is 5.26 Å². The fraction of sp³-hybridized carbons (Fsp3) is 0.154. The van der Waals surface area contributed by atoms with Crippen LogP contribution in [0.5, 0.6) is 0 Å². The first-order chi connectivity index (χ1) is 9.08. The maximum atomic E-state index is 12.2. The number of aryl methyl sites for hydroxylation is 1. The van der Waals surface area contributed by atoms with E-state index in [2.05, 4.69) is 4.98 Å². The van der Waals surface area contributed by atoms with Crippen molar-refractivity contribution in [2.75, 3.05) is 6.26 Å². The number of hydrogen-bond donors (Lipinski definition) is 1. The van der Waals surface area contributed by atoms with Gasteiger partial charge in [0, 0.05) is 0 Å². The van der Waals surface area contributed by atoms with Crippen LogP contribution in [0.3, 0.4) is 0 Å². The summed E-state index contributed by atoms with van der Waals surface area (Å²) in [6.07, 6.45) is 1.70. The zero-order chi connectivity index (χ0) is 14.0. The molecule has 6 heteroatoms. The maximum Gasteiger partial charge on any atom is 0.333 e. The number of H-pyrrole nitrogens is 1. The molecular weight excluding hydrogens is 262 g/mol. The lowest BCUT2D eigenvalue weighted by Gasteiger charge is -2.07. The van der Waals surface area contributed by atoms with Crippen LogP contribution in [0.1, 0.15) is 11.1 Å². The third-order valence-corrected chi connectivity index (χ3v) is 3.39. The van der Waals surface area contributed by atoms with E-state index in [1.165, 1.54) is 0 Å². The number of rotatable bonds is 2. The Labute approximate surface area is 113 Å². The van der Waals surface area contributed by atoms with E-state index in [1.54, 1.807) is 30.5 Å². The summed E-state index contributed by atoms with van der Waals surface area (Å²) in [6, 6.07) is 8.79. The maximum absolute atomic E-state index is 12.2. The van der Waals surface area contributed by atoms with Gasteiger partial charge in [-0.25, -0.2) is 9.36 Å². The highest BCUT2D eigenvalue weighted by Crippen LogP contribution is 2.12. The molecule has 0 amide bonds. The molecule has 1 aromatic heterocycles. The third-order valence-electron chi connectivity index (χ3n) is 2.68. The second-order valence-corrected chi connectivity index (χ2v) is 4.74. The van der Waals surface area contributed by atoms with Crippen molar-refractivity contribution in [1.82, 2.24) is 9.55 Å². The minimum Gasteiger partial charge on any atom is -0.300 e. The van der Waals surface area contributed by atoms with Gasteiger partial charge in [0.1, 0.15) is 11.6 Å². The average molecular weight is 273 g/mol. The van der Waals surface area contributed by atoms with Crippen molar-refractivity contribution in [3.63, 3.8) is 0 Å². The Bertz CT molecular complexity index is 766. The van der Waals surface area contributed by atoms with Crippen molar-refractivity contribution in [3.8, 4) is 11.8 Å². The van der Waals surface area contributed by atoms with Crippen LogP contribution in [0, 0.1) is 18.3 Å². The molecule has 0 spiro atoms. The number of benzene rings is 1. The van der Waals surface area contributed by atoms with Gasteiger partial charge in [-0.3, -0.25) is 4.79 Å². The number of aromatic nitrogens is 2. The highest BCUT2D eigenvalue weighted by Gasteiger charge is 2.14. The highest BCUT2D eigenvalue weighted by atomic mass is 32.2. The third kappa shape index (κ3) is 2.33. The lowest BCUT2D eigenvalue weighted by Crippen LogP contribution is -2.35. The van der Waals surface area contributed by atoms with E-state index in [9.17, 15) is 9.59 Å². The highest BCUT2D eigenvalue weighted by molar-refractivity contribution is 7.98. The molecule has 2 rings (SSSR count). The monoisotopic (exact) mass is 273 g/mol. The summed E-state index contributed by atoms with van der Waals surface area (Å²) < 4.78 is 0.970. The molecular formula is C13H11N3O2S. The molecule has 0 aliphatic rings. The van der Waals surface area contributed by atoms with Crippen LogP contribution in [-0.4, -0.2) is 15.8 Å². The molecule has 0 radical (unpaired) electrons. The van der Waals surface area contributed by atoms with E-state index in [4.69, 9.17) is 5.26 Å². The van der Waals surface area contributed by atoms with E-state index in [1.807, 2.05) is 13.0 Å². The Balaban J connectivity index is 2.79. The van der Waals surface area contributed by atoms with E-state index >= 15 is 0 Å². The van der Waals surface area contributed by atoms with E-state index in [0.29, 0.717) is 10.7 Å². The summed E-state index contributed by atoms with van der Waals surface area (Å²) in [4.78, 5) is 26.7. The topological polar surface area (TPSA) is 78.7 Å². The van der Waals surface area contributed by atoms with Crippen LogP contribution < -0.4 is 11.2 Å². The average Bonchev–Trinajstić information content (AvgIpc) is 2.40. The molecule has 1 N–H and O–H groups in total. The quantitative estimate of drug-likeness (QED) is 0.663. The number of nitriles is 1. The first-order valence-electron chi connectivity index (χ1n) is 5.49. The van der Waals surface area contributed by atoms with E-state index < -0.39 is 11.2 Å². The minimum atomic E-state index is -0.598. The van der Waals surface area contributed by atoms with Crippen LogP contribution in [0.2, 0.25) is 0 Å². The minimum absolute atomic E-state index is 0.0484. The molecule has 0 saturated carbocycles. The normalized spacial score (nSPS) is 10.2. The number of nitrogens with one attached hydrogen (secondary N) is 1. The van der Waals surface area contributed by atoms with Crippen LogP contribution in [0.4, 0.5) is 0 Å². The number of aromatic amines is 1. The fourth-order valence-electron chi connectivity index (χ4n) is 1.70. The summed E-state index contributed by atoms with van der Waals surface area (Å²) in [5.41, 5.74) is 0.278. The van der Waals surface area contributed by atoms with Gasteiger partial charge in [-0.05, 0) is 25.3 Å². The summed E-state index contributed by atoms with van der Waals surface area (Å²) in [5.74, 6) is 0. The Morgan fingerprint density at radius 3 is 2.42 bits per heavy atom. The molecule has 5 nitrogen and oxygen atoms in total. The molecule has 0 aliphatic heterocycles. The first kappa shape index (κ1) is 13.2. The molecule has 0 unspecified atom stereocenters. The van der Waals surface area contributed by atoms with Crippen molar-refractivity contribution in [2.24, 2.45) is 0 Å². The SMILES string of the molecule is CSc1[nH]c(=O)n(-c2ccc(C)cc2)c(=O)c1C#N. The first-order valence-corrected chi connectivity index (χ1v) is 6.71. The van der Waals surface area contributed by atoms with Gasteiger partial charge in [-0.1, -0.05) is 17.7 Å². The lowest BCUT2D eigenvalue weighted by molar-refractivity contribution is 0.824. The Kier molecular flexibility index (Phi) is 3.58. The van der Waals surface area contributed by atoms with Gasteiger partial charge in [-0.15, -0.1) is 11.8 Å². The van der Waals surface area contributed by atoms with Gasteiger partial charge < -0.3 is 4.98 Å². The predicted molar refractivity (Wildman–Crippen MR) is 73.9 cm³/mol. The van der Waals surface area contributed by atoms with Crippen LogP contribution in [-0.2, 0) is 0 Å². The molecule has 0 atom stereocenters. The smallest absolute Gasteiger partial charge is 0.300 e. The predicted octanol–water partition coefficient (Wildman–Crippen LogP) is 1.43. The van der Waals surface area contributed by atoms with Gasteiger partial charge in [0.2, 0.25) is 0 Å². The Hall–Kier alpha value is -2.26. The van der Waals surface area contributed by atoms with Crippen molar-refractivity contribution in [2.45, 2.75) is 11.9 Å². The second-order valence-electron chi connectivity index (χ2n) is 3.93. The molecule has 19 heavy (non-hydrogen) atoms. The van der Waals surface area contributed by atoms with Crippen LogP contribution >= 0.6 is 11.8 Å². The Morgan fingerprint density at radius 2 is 1.89 bits per heavy atom. The molecule has 0 fully saturated rings. The largest absolute Gasteiger partial charge is 0.333 e. The molecule has 0 aliphatic carbocycles. The van der Waals surface area contributed by atoms with Crippen LogP contribution in [0.25, 0.3) is 5.69 Å². The molecule has 1 heterocycles. The molecule has 1 aromatic carbocycles. The standard InChI is InChI=1S/C13H11N3O2S/c1-8-3-5-9(6-4-8)16-12(17)10(7-14)11(19-2)15-13(16)18/h3-6H,1-2H3,(H,15,18). The van der Waals surface area contributed by atoms with Crippen molar-refractivity contribution < 1.29 is 0 Å². The van der Waals surface area contributed by atoms with Gasteiger partial charge in [0.25, 0.3) is 5.56 Å². The van der Waals surface area contributed by atoms with Gasteiger partial charge in [0.05, 0.1) is 10.7 Å². The lowest BCUT2D eigenvalue weighted by atomic mass is 10.2. The zero-order valence-corrected chi connectivity index (χ0v) is 11.2. The molecule has 2 aromatic rings. The summed E-state index contributed by atoms with van der Waals surface area (Å²) in [6.45, 7) is 1.91. The van der Waals surface area contributed by atoms with E-state index in [-0.39, 0.29) is 5.56 Å². The van der Waals surface area contributed by atoms with Gasteiger partial charge in [0.15, 0.2) is 0 Å². The second kappa shape index (κ2) is 5.16. The summed E-state index contributed by atoms with van der Waals surface area (Å²) >= 11 is 1.16. The van der Waals surface area contributed by atoms with Crippen molar-refractivity contribution >= 4 is 11.8 Å². The number of nitrogens with zero attached hydrogens (tertiary/aromatic N) is 2. The molecule has 0 saturated heterocycles. The summed E-state index contributed by atoms with van der Waals surface area (Å²) in [7, 11) is 0. The molecule has 96 valence electrons. The Morgan fingerprint density at radius 1 is 1.26 bits per heavy atom. The number of hydrogen-bond acceptors (Lipinski definition) is 4. The van der Waals surface area contributed by atoms with E-state index in [0.717, 1.165) is 21.9 Å². The summed E-state index contributed by atoms with van der Waals surface area (Å²) in [5, 5.41) is 9.33. The van der Waals surface area contributed by atoms with Crippen molar-refractivity contribution in [3.05, 3.63) is 56.2 Å². The van der Waals surface area contributed by atoms with Gasteiger partial charge >= 0.3 is 5.69 Å². The van der Waals surface area contributed by atoms with Crippen molar-refractivity contribution in [1.29, 1.82) is 5.26 Å².